The maximum absolute atomic E-state index is 14.4. The number of esters is 1. The number of halogens is 4. The van der Waals surface area contributed by atoms with Crippen molar-refractivity contribution >= 4 is 5.97 Å². The third-order valence-electron chi connectivity index (χ3n) is 4.85. The molecule has 0 aromatic heterocycles. The molecule has 2 N–H and O–H groups in total. The molecule has 0 aliphatic heterocycles. The average Bonchev–Trinajstić information content (AvgIpc) is 2.80. The molecule has 0 bridgehead atoms. The lowest BCUT2D eigenvalue weighted by molar-refractivity contribution is -0.140. The first-order valence-corrected chi connectivity index (χ1v) is 10.6. The first kappa shape index (κ1) is 27.7. The molecule has 0 amide bonds. The molecule has 9 heteroatoms. The summed E-state index contributed by atoms with van der Waals surface area (Å²) in [5.41, 5.74) is 0.798. The number of benzene rings is 3. The van der Waals surface area contributed by atoms with E-state index in [1.165, 1.54) is 49.4 Å². The van der Waals surface area contributed by atoms with Crippen molar-refractivity contribution < 1.29 is 42.0 Å². The number of carbonyl (C=O) groups excluding carboxylic acids is 1. The minimum absolute atomic E-state index is 0.0654. The molecule has 3 aromatic rings. The molecule has 35 heavy (non-hydrogen) atoms. The van der Waals surface area contributed by atoms with Gasteiger partial charge in [-0.2, -0.15) is 13.2 Å². The standard InChI is InChI=1S/C22H18F4O3.C4H8O2/c1-13-10-17(7-9-20(13)28)29-21(12-27)18-11-15(4-8-19(18)23)14-2-5-16(6-3-14)22(24,25)26;1-3-6-4(2)5/h2-11,21,27-28H,12H2,1H3;3H2,1-2H3. The van der Waals surface area contributed by atoms with Crippen LogP contribution in [0, 0.1) is 12.7 Å². The van der Waals surface area contributed by atoms with Crippen molar-refractivity contribution in [3.8, 4) is 22.6 Å². The molecular weight excluding hydrogens is 468 g/mol. The van der Waals surface area contributed by atoms with Crippen LogP contribution in [0.15, 0.2) is 60.7 Å². The highest BCUT2D eigenvalue weighted by Gasteiger charge is 2.30. The second-order valence-electron chi connectivity index (χ2n) is 7.47. The number of hydrogen-bond donors (Lipinski definition) is 2. The van der Waals surface area contributed by atoms with Crippen LogP contribution in [0.25, 0.3) is 11.1 Å². The zero-order valence-corrected chi connectivity index (χ0v) is 19.4. The Morgan fingerprint density at radius 2 is 1.63 bits per heavy atom. The number of alkyl halides is 3. The van der Waals surface area contributed by atoms with E-state index >= 15 is 0 Å². The number of aromatic hydroxyl groups is 1. The smallest absolute Gasteiger partial charge is 0.416 e. The summed E-state index contributed by atoms with van der Waals surface area (Å²) in [6.45, 7) is 4.80. The number of carbonyl (C=O) groups is 1. The Bertz CT molecular complexity index is 1130. The van der Waals surface area contributed by atoms with Gasteiger partial charge in [-0.1, -0.05) is 18.2 Å². The van der Waals surface area contributed by atoms with Crippen molar-refractivity contribution in [3.05, 3.63) is 83.2 Å². The number of hydrogen-bond acceptors (Lipinski definition) is 5. The number of rotatable bonds is 6. The molecule has 0 aliphatic rings. The Hall–Kier alpha value is -3.59. The van der Waals surface area contributed by atoms with Crippen molar-refractivity contribution in [2.24, 2.45) is 0 Å². The SMILES string of the molecule is CCOC(C)=O.Cc1cc(OC(CO)c2cc(-c3ccc(C(F)(F)F)cc3)ccc2F)ccc1O. The Kier molecular flexibility index (Phi) is 9.65. The fraction of sp³-hybridized carbons (Fsp3) is 0.269. The second-order valence-corrected chi connectivity index (χ2v) is 7.47. The minimum atomic E-state index is -4.44. The quantitative estimate of drug-likeness (QED) is 0.315. The van der Waals surface area contributed by atoms with Gasteiger partial charge in [0.15, 0.2) is 0 Å². The number of aliphatic hydroxyl groups is 1. The lowest BCUT2D eigenvalue weighted by atomic mass is 9.99. The predicted molar refractivity (Wildman–Crippen MR) is 122 cm³/mol. The molecule has 1 unspecified atom stereocenters. The van der Waals surface area contributed by atoms with E-state index in [4.69, 9.17) is 4.74 Å². The largest absolute Gasteiger partial charge is 0.508 e. The molecule has 0 saturated carbocycles. The molecule has 0 saturated heterocycles. The molecule has 0 spiro atoms. The average molecular weight is 494 g/mol. The third kappa shape index (κ3) is 7.99. The van der Waals surface area contributed by atoms with Gasteiger partial charge in [0.25, 0.3) is 0 Å². The third-order valence-corrected chi connectivity index (χ3v) is 4.85. The Balaban J connectivity index is 0.000000641. The summed E-state index contributed by atoms with van der Waals surface area (Å²) >= 11 is 0. The fourth-order valence-corrected chi connectivity index (χ4v) is 3.09. The van der Waals surface area contributed by atoms with Gasteiger partial charge >= 0.3 is 12.1 Å². The molecule has 3 aromatic carbocycles. The van der Waals surface area contributed by atoms with Crippen LogP contribution in [-0.2, 0) is 15.7 Å². The van der Waals surface area contributed by atoms with Crippen LogP contribution in [0.3, 0.4) is 0 Å². The van der Waals surface area contributed by atoms with Gasteiger partial charge in [0.2, 0.25) is 0 Å². The first-order valence-electron chi connectivity index (χ1n) is 10.6. The van der Waals surface area contributed by atoms with Gasteiger partial charge in [0, 0.05) is 12.5 Å². The van der Waals surface area contributed by atoms with Crippen LogP contribution in [0.1, 0.15) is 36.6 Å². The fourth-order valence-electron chi connectivity index (χ4n) is 3.09. The van der Waals surface area contributed by atoms with Gasteiger partial charge in [-0.15, -0.1) is 0 Å². The molecule has 0 fully saturated rings. The topological polar surface area (TPSA) is 76.0 Å². The first-order chi connectivity index (χ1) is 16.5. The molecule has 188 valence electrons. The lowest BCUT2D eigenvalue weighted by Crippen LogP contribution is -2.14. The van der Waals surface area contributed by atoms with Crippen molar-refractivity contribution in [1.82, 2.24) is 0 Å². The monoisotopic (exact) mass is 494 g/mol. The van der Waals surface area contributed by atoms with Crippen LogP contribution >= 0.6 is 0 Å². The Morgan fingerprint density at radius 1 is 1.00 bits per heavy atom. The van der Waals surface area contributed by atoms with E-state index in [9.17, 15) is 32.6 Å². The van der Waals surface area contributed by atoms with Crippen molar-refractivity contribution in [2.75, 3.05) is 13.2 Å². The van der Waals surface area contributed by atoms with E-state index in [1.54, 1.807) is 19.9 Å². The minimum Gasteiger partial charge on any atom is -0.508 e. The summed E-state index contributed by atoms with van der Waals surface area (Å²) in [6, 6.07) is 13.0. The summed E-state index contributed by atoms with van der Waals surface area (Å²) in [4.78, 5) is 9.82. The van der Waals surface area contributed by atoms with E-state index in [0.29, 0.717) is 29.0 Å². The molecule has 3 rings (SSSR count). The van der Waals surface area contributed by atoms with Crippen LogP contribution in [0.4, 0.5) is 17.6 Å². The van der Waals surface area contributed by atoms with Crippen molar-refractivity contribution in [2.45, 2.75) is 33.1 Å². The zero-order valence-electron chi connectivity index (χ0n) is 19.4. The molecule has 0 aliphatic carbocycles. The number of aryl methyl sites for hydroxylation is 1. The van der Waals surface area contributed by atoms with Crippen molar-refractivity contribution in [1.29, 1.82) is 0 Å². The summed E-state index contributed by atoms with van der Waals surface area (Å²) in [7, 11) is 0. The predicted octanol–water partition coefficient (Wildman–Crippen LogP) is 6.21. The highest BCUT2D eigenvalue weighted by atomic mass is 19.4. The lowest BCUT2D eigenvalue weighted by Gasteiger charge is -2.19. The molecule has 0 radical (unpaired) electrons. The van der Waals surface area contributed by atoms with E-state index < -0.39 is 30.3 Å². The van der Waals surface area contributed by atoms with Gasteiger partial charge in [-0.3, -0.25) is 4.79 Å². The highest BCUT2D eigenvalue weighted by Crippen LogP contribution is 2.33. The summed E-state index contributed by atoms with van der Waals surface area (Å²) in [6.07, 6.45) is -5.47. The summed E-state index contributed by atoms with van der Waals surface area (Å²) in [5, 5.41) is 19.3. The van der Waals surface area contributed by atoms with Gasteiger partial charge in [-0.25, -0.2) is 4.39 Å². The normalized spacial score (nSPS) is 11.8. The van der Waals surface area contributed by atoms with Crippen LogP contribution in [0.5, 0.6) is 11.5 Å². The van der Waals surface area contributed by atoms with Crippen molar-refractivity contribution in [3.63, 3.8) is 0 Å². The van der Waals surface area contributed by atoms with E-state index in [2.05, 4.69) is 4.74 Å². The molecule has 0 heterocycles. The van der Waals surface area contributed by atoms with Gasteiger partial charge in [0.05, 0.1) is 18.8 Å². The van der Waals surface area contributed by atoms with Crippen LogP contribution in [0.2, 0.25) is 0 Å². The second kappa shape index (κ2) is 12.2. The number of aliphatic hydroxyl groups excluding tert-OH is 1. The molecule has 1 atom stereocenters. The Labute approximate surface area is 200 Å². The summed E-state index contributed by atoms with van der Waals surface area (Å²) < 4.78 is 62.7. The van der Waals surface area contributed by atoms with Gasteiger partial charge < -0.3 is 19.7 Å². The highest BCUT2D eigenvalue weighted by molar-refractivity contribution is 5.66. The Morgan fingerprint density at radius 3 is 2.11 bits per heavy atom. The van der Waals surface area contributed by atoms with E-state index in [-0.39, 0.29) is 17.3 Å². The van der Waals surface area contributed by atoms with Crippen LogP contribution < -0.4 is 4.74 Å². The maximum Gasteiger partial charge on any atom is 0.416 e. The number of phenolic OH excluding ortho intramolecular Hbond substituents is 1. The molecular formula is C26H26F4O5. The maximum atomic E-state index is 14.4. The number of ether oxygens (including phenoxy) is 2. The molecule has 5 nitrogen and oxygen atoms in total. The zero-order chi connectivity index (χ0) is 26.2. The van der Waals surface area contributed by atoms with E-state index in [0.717, 1.165) is 12.1 Å². The summed E-state index contributed by atoms with van der Waals surface area (Å²) in [5.74, 6) is -0.417. The van der Waals surface area contributed by atoms with E-state index in [1.807, 2.05) is 0 Å². The van der Waals surface area contributed by atoms with Crippen LogP contribution in [-0.4, -0.2) is 29.4 Å². The number of phenols is 1. The van der Waals surface area contributed by atoms with Gasteiger partial charge in [-0.05, 0) is 73.0 Å². The van der Waals surface area contributed by atoms with Gasteiger partial charge in [0.1, 0.15) is 23.4 Å².